The lowest BCUT2D eigenvalue weighted by Crippen LogP contribution is -2.41. The molecule has 2 N–H and O–H groups in total. The Morgan fingerprint density at radius 1 is 1.21 bits per heavy atom. The van der Waals surface area contributed by atoms with Gasteiger partial charge in [-0.2, -0.15) is 0 Å². The number of carboxylic acids is 1. The van der Waals surface area contributed by atoms with Gasteiger partial charge in [0.25, 0.3) is 0 Å². The number of amides is 1. The van der Waals surface area contributed by atoms with Gasteiger partial charge < -0.3 is 15.0 Å². The van der Waals surface area contributed by atoms with Crippen molar-refractivity contribution in [1.82, 2.24) is 9.88 Å². The number of carboxylic acid groups (broad SMARTS) is 1. The second-order valence-electron chi connectivity index (χ2n) is 9.65. The van der Waals surface area contributed by atoms with Crippen molar-refractivity contribution < 1.29 is 19.1 Å². The third-order valence-electron chi connectivity index (χ3n) is 6.87. The van der Waals surface area contributed by atoms with Crippen LogP contribution >= 0.6 is 0 Å². The van der Waals surface area contributed by atoms with Crippen molar-refractivity contribution in [2.24, 2.45) is 0 Å². The summed E-state index contributed by atoms with van der Waals surface area (Å²) in [7, 11) is 0. The lowest BCUT2D eigenvalue weighted by Gasteiger charge is -2.29. The Balaban J connectivity index is 1.58. The minimum atomic E-state index is -0.889. The summed E-state index contributed by atoms with van der Waals surface area (Å²) in [6.07, 6.45) is 2.74. The Kier molecular flexibility index (Phi) is 6.28. The first-order valence-corrected chi connectivity index (χ1v) is 11.6. The average molecular weight is 451 g/mol. The third-order valence-corrected chi connectivity index (χ3v) is 6.87. The van der Waals surface area contributed by atoms with E-state index >= 15 is 0 Å². The summed E-state index contributed by atoms with van der Waals surface area (Å²) >= 11 is 0. The highest BCUT2D eigenvalue weighted by Crippen LogP contribution is 2.36. The van der Waals surface area contributed by atoms with Gasteiger partial charge in [-0.25, -0.2) is 9.18 Å². The van der Waals surface area contributed by atoms with Crippen LogP contribution in [0.15, 0.2) is 48.5 Å². The van der Waals surface area contributed by atoms with E-state index in [1.165, 1.54) is 12.1 Å². The molecule has 0 saturated heterocycles. The van der Waals surface area contributed by atoms with E-state index in [2.05, 4.69) is 19.2 Å². The van der Waals surface area contributed by atoms with Crippen molar-refractivity contribution >= 4 is 22.8 Å². The summed E-state index contributed by atoms with van der Waals surface area (Å²) in [4.78, 5) is 24.9. The number of hydrogen-bond acceptors (Lipinski definition) is 2. The van der Waals surface area contributed by atoms with Crippen LogP contribution in [0.4, 0.5) is 4.39 Å². The minimum absolute atomic E-state index is 0.0100. The van der Waals surface area contributed by atoms with Crippen LogP contribution in [0, 0.1) is 5.82 Å². The number of benzene rings is 2. The van der Waals surface area contributed by atoms with Crippen molar-refractivity contribution in [3.63, 3.8) is 0 Å². The van der Waals surface area contributed by atoms with Gasteiger partial charge in [-0.3, -0.25) is 4.79 Å². The maximum absolute atomic E-state index is 14.1. The highest BCUT2D eigenvalue weighted by molar-refractivity contribution is 5.88. The SMILES string of the molecule is CCC(C(=O)O)n1c2c(c3cc(F)ccc31)CC(NC(=O)CC(C)(C)c1ccccc1)CC2. The number of halogens is 1. The second kappa shape index (κ2) is 9.00. The topological polar surface area (TPSA) is 71.3 Å². The van der Waals surface area contributed by atoms with Crippen molar-refractivity contribution in [2.75, 3.05) is 0 Å². The van der Waals surface area contributed by atoms with Gasteiger partial charge in [0.05, 0.1) is 0 Å². The van der Waals surface area contributed by atoms with Crippen molar-refractivity contribution in [3.05, 3.63) is 71.2 Å². The molecule has 2 atom stereocenters. The highest BCUT2D eigenvalue weighted by Gasteiger charge is 2.32. The van der Waals surface area contributed by atoms with E-state index < -0.39 is 12.0 Å². The molecule has 0 saturated carbocycles. The molecule has 4 rings (SSSR count). The average Bonchev–Trinajstić information content (AvgIpc) is 3.07. The Morgan fingerprint density at radius 3 is 2.61 bits per heavy atom. The van der Waals surface area contributed by atoms with Gasteiger partial charge in [-0.15, -0.1) is 0 Å². The van der Waals surface area contributed by atoms with E-state index in [9.17, 15) is 19.1 Å². The Bertz CT molecular complexity index is 1180. The van der Waals surface area contributed by atoms with Gasteiger partial charge in [-0.1, -0.05) is 51.1 Å². The van der Waals surface area contributed by atoms with Gasteiger partial charge in [0.15, 0.2) is 0 Å². The van der Waals surface area contributed by atoms with Gasteiger partial charge in [0.2, 0.25) is 5.91 Å². The van der Waals surface area contributed by atoms with E-state index in [-0.39, 0.29) is 23.2 Å². The van der Waals surface area contributed by atoms with E-state index in [0.717, 1.165) is 34.1 Å². The number of carbonyl (C=O) groups is 2. The molecule has 5 nitrogen and oxygen atoms in total. The molecule has 1 amide bonds. The van der Waals surface area contributed by atoms with Crippen LogP contribution in [-0.4, -0.2) is 27.6 Å². The van der Waals surface area contributed by atoms with Crippen LogP contribution in [0.3, 0.4) is 0 Å². The zero-order valence-electron chi connectivity index (χ0n) is 19.4. The fourth-order valence-electron chi connectivity index (χ4n) is 5.18. The molecule has 174 valence electrons. The predicted molar refractivity (Wildman–Crippen MR) is 127 cm³/mol. The molecule has 3 aromatic rings. The molecule has 2 aromatic carbocycles. The Labute approximate surface area is 193 Å². The third kappa shape index (κ3) is 4.52. The number of fused-ring (bicyclic) bond motifs is 3. The lowest BCUT2D eigenvalue weighted by atomic mass is 9.81. The summed E-state index contributed by atoms with van der Waals surface area (Å²) in [6.45, 7) is 5.98. The smallest absolute Gasteiger partial charge is 0.326 e. The van der Waals surface area contributed by atoms with Crippen LogP contribution in [0.2, 0.25) is 0 Å². The highest BCUT2D eigenvalue weighted by atomic mass is 19.1. The van der Waals surface area contributed by atoms with Gasteiger partial charge in [0, 0.05) is 29.1 Å². The normalized spacial score (nSPS) is 16.9. The molecule has 0 radical (unpaired) electrons. The van der Waals surface area contributed by atoms with E-state index in [0.29, 0.717) is 25.7 Å². The fourth-order valence-corrected chi connectivity index (χ4v) is 5.18. The van der Waals surface area contributed by atoms with Crippen LogP contribution in [0.1, 0.15) is 62.9 Å². The Hall–Kier alpha value is -3.15. The molecular formula is C27H31FN2O3. The van der Waals surface area contributed by atoms with Crippen LogP contribution in [0.5, 0.6) is 0 Å². The van der Waals surface area contributed by atoms with Crippen LogP contribution < -0.4 is 5.32 Å². The largest absolute Gasteiger partial charge is 0.480 e. The maximum Gasteiger partial charge on any atom is 0.326 e. The number of carbonyl (C=O) groups excluding carboxylic acids is 1. The van der Waals surface area contributed by atoms with E-state index in [1.807, 2.05) is 41.8 Å². The number of hydrogen-bond donors (Lipinski definition) is 2. The van der Waals surface area contributed by atoms with E-state index in [4.69, 9.17) is 0 Å². The zero-order chi connectivity index (χ0) is 23.8. The van der Waals surface area contributed by atoms with Crippen molar-refractivity contribution in [3.8, 4) is 0 Å². The summed E-state index contributed by atoms with van der Waals surface area (Å²) in [5.41, 5.74) is 3.46. The summed E-state index contributed by atoms with van der Waals surface area (Å²) in [5.74, 6) is -1.24. The monoisotopic (exact) mass is 450 g/mol. The van der Waals surface area contributed by atoms with Gasteiger partial charge >= 0.3 is 5.97 Å². The molecule has 0 bridgehead atoms. The summed E-state index contributed by atoms with van der Waals surface area (Å²) in [5, 5.41) is 13.7. The molecule has 0 spiro atoms. The van der Waals surface area contributed by atoms with Crippen LogP contribution in [-0.2, 0) is 27.8 Å². The number of rotatable bonds is 7. The molecule has 2 unspecified atom stereocenters. The minimum Gasteiger partial charge on any atom is -0.480 e. The number of aliphatic carboxylic acids is 1. The maximum atomic E-state index is 14.1. The van der Waals surface area contributed by atoms with Crippen molar-refractivity contribution in [2.45, 2.75) is 70.4 Å². The summed E-state index contributed by atoms with van der Waals surface area (Å²) < 4.78 is 16.0. The Morgan fingerprint density at radius 2 is 1.94 bits per heavy atom. The number of nitrogens with one attached hydrogen (secondary N) is 1. The standard InChI is InChI=1S/C27H31FN2O3/c1-4-22(26(32)33)30-23-12-10-18(28)14-20(23)21-15-19(11-13-24(21)30)29-25(31)16-27(2,3)17-8-6-5-7-9-17/h5-10,12,14,19,22H,4,11,13,15-16H2,1-3H3,(H,29,31)(H,32,33). The van der Waals surface area contributed by atoms with E-state index in [1.54, 1.807) is 6.07 Å². The molecule has 0 aliphatic heterocycles. The first kappa shape index (κ1) is 23.0. The van der Waals surface area contributed by atoms with Crippen molar-refractivity contribution in [1.29, 1.82) is 0 Å². The second-order valence-corrected chi connectivity index (χ2v) is 9.65. The molecular weight excluding hydrogens is 419 g/mol. The van der Waals surface area contributed by atoms with Gasteiger partial charge in [0.1, 0.15) is 11.9 Å². The molecule has 33 heavy (non-hydrogen) atoms. The van der Waals surface area contributed by atoms with Crippen LogP contribution in [0.25, 0.3) is 10.9 Å². The summed E-state index contributed by atoms with van der Waals surface area (Å²) in [6, 6.07) is 13.8. The molecule has 1 aliphatic carbocycles. The quantitative estimate of drug-likeness (QED) is 0.522. The predicted octanol–water partition coefficient (Wildman–Crippen LogP) is 5.16. The number of aromatic nitrogens is 1. The molecule has 1 heterocycles. The molecule has 1 aromatic heterocycles. The molecule has 1 aliphatic rings. The zero-order valence-corrected chi connectivity index (χ0v) is 19.4. The molecule has 6 heteroatoms. The van der Waals surface area contributed by atoms with Gasteiger partial charge in [-0.05, 0) is 60.4 Å². The first-order valence-electron chi connectivity index (χ1n) is 11.6. The number of nitrogens with zero attached hydrogens (tertiary/aromatic N) is 1. The lowest BCUT2D eigenvalue weighted by molar-refractivity contribution is -0.141. The fraction of sp³-hybridized carbons (Fsp3) is 0.407. The first-order chi connectivity index (χ1) is 15.7. The molecule has 0 fully saturated rings.